The van der Waals surface area contributed by atoms with Crippen molar-refractivity contribution < 1.29 is 51.4 Å². The van der Waals surface area contributed by atoms with Crippen LogP contribution in [-0.4, -0.2) is 143 Å². The molecule has 3 fully saturated rings. The molecule has 0 unspecified atom stereocenters. The first-order chi connectivity index (χ1) is 29.8. The lowest BCUT2D eigenvalue weighted by molar-refractivity contribution is -0.145. The number of esters is 1. The van der Waals surface area contributed by atoms with Crippen LogP contribution in [0.4, 0.5) is 38.9 Å². The zero-order valence-electron chi connectivity index (χ0n) is 36.4. The number of carbonyl (C=O) groups excluding carboxylic acids is 5. The summed E-state index contributed by atoms with van der Waals surface area (Å²) in [6.45, 7) is 9.86. The van der Waals surface area contributed by atoms with E-state index in [4.69, 9.17) is 31.5 Å². The van der Waals surface area contributed by atoms with Gasteiger partial charge in [0.15, 0.2) is 6.10 Å². The predicted octanol–water partition coefficient (Wildman–Crippen LogP) is 6.80. The molecule has 4 heterocycles. The molecule has 0 spiro atoms. The van der Waals surface area contributed by atoms with Crippen molar-refractivity contribution in [2.24, 2.45) is 0 Å². The fraction of sp³-hybridized carbons (Fsp3) is 0.614. The Labute approximate surface area is 371 Å². The summed E-state index contributed by atoms with van der Waals surface area (Å²) in [5.41, 5.74) is 5.00. The lowest BCUT2D eigenvalue weighted by Gasteiger charge is -2.44. The molecule has 0 aliphatic carbocycles. The molecular formula is C44H59ClF3N7O8. The van der Waals surface area contributed by atoms with Crippen LogP contribution in [0.2, 0.25) is 5.02 Å². The van der Waals surface area contributed by atoms with E-state index in [0.29, 0.717) is 77.7 Å². The van der Waals surface area contributed by atoms with Gasteiger partial charge in [0.1, 0.15) is 12.1 Å². The minimum absolute atomic E-state index is 0.0284. The number of ether oxygens (including phenoxy) is 3. The molecule has 1 atom stereocenters. The monoisotopic (exact) mass is 905 g/mol. The van der Waals surface area contributed by atoms with Crippen LogP contribution in [0.1, 0.15) is 82.9 Å². The second kappa shape index (κ2) is 20.2. The van der Waals surface area contributed by atoms with E-state index in [1.807, 2.05) is 24.3 Å². The quantitative estimate of drug-likeness (QED) is 0.147. The molecule has 4 aliphatic rings. The summed E-state index contributed by atoms with van der Waals surface area (Å²) in [5, 5.41) is 2.65. The number of rotatable bonds is 10. The highest BCUT2D eigenvalue weighted by molar-refractivity contribution is 6.33. The van der Waals surface area contributed by atoms with Crippen molar-refractivity contribution in [1.82, 2.24) is 24.5 Å². The van der Waals surface area contributed by atoms with Crippen molar-refractivity contribution >= 4 is 53.1 Å². The Morgan fingerprint density at radius 1 is 0.905 bits per heavy atom. The van der Waals surface area contributed by atoms with Crippen molar-refractivity contribution in [2.75, 3.05) is 70.0 Å². The average molecular weight is 906 g/mol. The number of urea groups is 1. The minimum Gasteiger partial charge on any atom is -0.465 e. The summed E-state index contributed by atoms with van der Waals surface area (Å²) >= 11 is 6.16. The first kappa shape index (κ1) is 47.5. The third kappa shape index (κ3) is 12.2. The largest absolute Gasteiger partial charge is 0.465 e. The van der Waals surface area contributed by atoms with Gasteiger partial charge in [-0.1, -0.05) is 29.8 Å². The number of nitrogens with zero attached hydrogens (tertiary/aromatic N) is 5. The van der Waals surface area contributed by atoms with Gasteiger partial charge in [0.05, 0.1) is 22.9 Å². The lowest BCUT2D eigenvalue weighted by atomic mass is 9.96. The molecule has 0 bridgehead atoms. The number of nitrogen functional groups attached to an aromatic ring is 1. The second-order valence-electron chi connectivity index (χ2n) is 17.6. The van der Waals surface area contributed by atoms with Crippen LogP contribution in [0.3, 0.4) is 0 Å². The van der Waals surface area contributed by atoms with E-state index < -0.39 is 53.2 Å². The number of nitrogens with one attached hydrogen (secondary N) is 1. The predicted molar refractivity (Wildman–Crippen MR) is 229 cm³/mol. The summed E-state index contributed by atoms with van der Waals surface area (Å²) in [7, 11) is 0. The zero-order valence-corrected chi connectivity index (χ0v) is 37.1. The van der Waals surface area contributed by atoms with Crippen molar-refractivity contribution in [3.05, 3.63) is 58.1 Å². The molecule has 5 amide bonds. The smallest absolute Gasteiger partial charge is 0.418 e. The van der Waals surface area contributed by atoms with Gasteiger partial charge in [-0.2, -0.15) is 13.2 Å². The standard InChI is InChI=1S/C44H59ClF3N7O8/c1-5-61-37(56)27-55(42(60)63-43(2,3)4)32-13-17-51(18-14-32)30-11-19-52(20-12-30)39(57)36(26-28-24-33(44(46,47)48)38(49)34(45)25-28)62-41(59)53-21-15-31(16-22-53)54-23-10-29-8-6-7-9-35(29)50-40(54)58/h6-9,24-25,30-32,36H,5,10-23,26-27,49H2,1-4H3,(H,50,58)/t36-/m1/s1. The number of likely N-dealkylation sites (tertiary alicyclic amines) is 3. The van der Waals surface area contributed by atoms with Gasteiger partial charge >= 0.3 is 30.4 Å². The van der Waals surface area contributed by atoms with Crippen LogP contribution in [-0.2, 0) is 42.8 Å². The maximum absolute atomic E-state index is 14.3. The Balaban J connectivity index is 1.08. The Hall–Kier alpha value is -4.97. The number of halogens is 4. The van der Waals surface area contributed by atoms with Crippen molar-refractivity contribution in [3.8, 4) is 0 Å². The van der Waals surface area contributed by atoms with Gasteiger partial charge in [-0.15, -0.1) is 0 Å². The van der Waals surface area contributed by atoms with Gasteiger partial charge in [-0.05, 0) is 102 Å². The third-order valence-corrected chi connectivity index (χ3v) is 12.5. The van der Waals surface area contributed by atoms with E-state index in [-0.39, 0.29) is 67.4 Å². The fourth-order valence-electron chi connectivity index (χ4n) is 8.94. The number of alkyl halides is 3. The van der Waals surface area contributed by atoms with Crippen molar-refractivity contribution in [1.29, 1.82) is 0 Å². The highest BCUT2D eigenvalue weighted by Crippen LogP contribution is 2.38. The van der Waals surface area contributed by atoms with E-state index >= 15 is 0 Å². The van der Waals surface area contributed by atoms with Gasteiger partial charge < -0.3 is 44.9 Å². The molecule has 6 rings (SSSR count). The molecule has 15 nitrogen and oxygen atoms in total. The Morgan fingerprint density at radius 2 is 1.54 bits per heavy atom. The van der Waals surface area contributed by atoms with Crippen LogP contribution >= 0.6 is 11.6 Å². The highest BCUT2D eigenvalue weighted by Gasteiger charge is 2.40. The molecule has 0 aromatic heterocycles. The maximum Gasteiger partial charge on any atom is 0.418 e. The topological polar surface area (TPSA) is 167 Å². The number of para-hydroxylation sites is 1. The summed E-state index contributed by atoms with van der Waals surface area (Å²) in [4.78, 5) is 75.4. The van der Waals surface area contributed by atoms with Crippen LogP contribution in [0.25, 0.3) is 0 Å². The van der Waals surface area contributed by atoms with Crippen LogP contribution in [0.15, 0.2) is 36.4 Å². The summed E-state index contributed by atoms with van der Waals surface area (Å²) < 4.78 is 58.6. The molecule has 3 N–H and O–H groups in total. The van der Waals surface area contributed by atoms with Crippen molar-refractivity contribution in [3.63, 3.8) is 0 Å². The molecular weight excluding hydrogens is 847 g/mol. The van der Waals surface area contributed by atoms with E-state index in [2.05, 4.69) is 10.2 Å². The van der Waals surface area contributed by atoms with E-state index in [1.165, 1.54) is 15.9 Å². The van der Waals surface area contributed by atoms with Gasteiger partial charge in [0.25, 0.3) is 5.91 Å². The van der Waals surface area contributed by atoms with Crippen LogP contribution < -0.4 is 11.1 Å². The van der Waals surface area contributed by atoms with Gasteiger partial charge in [-0.25, -0.2) is 14.4 Å². The van der Waals surface area contributed by atoms with Gasteiger partial charge in [0, 0.05) is 76.0 Å². The highest BCUT2D eigenvalue weighted by atomic mass is 35.5. The third-order valence-electron chi connectivity index (χ3n) is 12.2. The molecule has 19 heteroatoms. The molecule has 4 aliphatic heterocycles. The van der Waals surface area contributed by atoms with E-state index in [0.717, 1.165) is 17.3 Å². The molecule has 3 saturated heterocycles. The number of nitrogens with two attached hydrogens (primary N) is 1. The summed E-state index contributed by atoms with van der Waals surface area (Å²) in [6.07, 6.45) is -4.03. The number of benzene rings is 2. The average Bonchev–Trinajstić information content (AvgIpc) is 3.40. The zero-order chi connectivity index (χ0) is 45.6. The number of fused-ring (bicyclic) bond motifs is 1. The first-order valence-corrected chi connectivity index (χ1v) is 22.1. The van der Waals surface area contributed by atoms with E-state index in [9.17, 15) is 37.1 Å². The van der Waals surface area contributed by atoms with Crippen LogP contribution in [0.5, 0.6) is 0 Å². The first-order valence-electron chi connectivity index (χ1n) is 21.8. The van der Waals surface area contributed by atoms with E-state index in [1.54, 1.807) is 37.5 Å². The van der Waals surface area contributed by atoms with Crippen molar-refractivity contribution in [2.45, 2.75) is 115 Å². The molecule has 0 saturated carbocycles. The molecule has 2 aromatic rings. The van der Waals surface area contributed by atoms with Gasteiger partial charge in [-0.3, -0.25) is 14.5 Å². The Morgan fingerprint density at radius 3 is 2.17 bits per heavy atom. The number of anilines is 2. The molecule has 2 aromatic carbocycles. The molecule has 0 radical (unpaired) electrons. The minimum atomic E-state index is -4.82. The Kier molecular flexibility index (Phi) is 15.3. The molecule has 63 heavy (non-hydrogen) atoms. The number of hydrogen-bond donors (Lipinski definition) is 2. The number of carbonyl (C=O) groups is 5. The maximum atomic E-state index is 14.3. The Bertz CT molecular complexity index is 1980. The summed E-state index contributed by atoms with van der Waals surface area (Å²) in [5.74, 6) is -1.05. The fourth-order valence-corrected chi connectivity index (χ4v) is 9.18. The number of hydrogen-bond acceptors (Lipinski definition) is 10. The summed E-state index contributed by atoms with van der Waals surface area (Å²) in [6, 6.07) is 9.22. The number of amides is 5. The number of piperidine rings is 3. The lowest BCUT2D eigenvalue weighted by Crippen LogP contribution is -2.55. The van der Waals surface area contributed by atoms with Gasteiger partial charge in [0.2, 0.25) is 0 Å². The van der Waals surface area contributed by atoms with Crippen LogP contribution in [0, 0.1) is 0 Å². The second-order valence-corrected chi connectivity index (χ2v) is 18.0. The molecule has 346 valence electrons. The normalized spacial score (nSPS) is 19.1. The SMILES string of the molecule is CCOC(=O)CN(C(=O)OC(C)(C)C)C1CCN(C2CCN(C(=O)[C@@H](Cc3cc(Cl)c(N)c(C(F)(F)F)c3)OC(=O)N3CCC(N4CCc5ccccc5NC4=O)CC3)CC2)CC1.